The Morgan fingerprint density at radius 2 is 1.27 bits per heavy atom. The van der Waals surface area contributed by atoms with Gasteiger partial charge in [0.15, 0.2) is 12.1 Å². The summed E-state index contributed by atoms with van der Waals surface area (Å²) in [6, 6.07) is -1.35. The third kappa shape index (κ3) is 17.8. The molecule has 1 saturated carbocycles. The van der Waals surface area contributed by atoms with Crippen LogP contribution >= 0.6 is 0 Å². The number of esters is 1. The van der Waals surface area contributed by atoms with Gasteiger partial charge in [-0.1, -0.05) is 98.9 Å². The normalized spacial score (nSPS) is 45.2. The first-order valence-corrected chi connectivity index (χ1v) is 24.9. The predicted octanol–water partition coefficient (Wildman–Crippen LogP) is -0.290. The fourth-order valence-electron chi connectivity index (χ4n) is 9.46. The van der Waals surface area contributed by atoms with E-state index in [0.29, 0.717) is 12.8 Å². The molecule has 20 nitrogen and oxygen atoms in total. The number of hydrogen-bond acceptors (Lipinski definition) is 19. The van der Waals surface area contributed by atoms with Crippen molar-refractivity contribution < 1.29 is 79.6 Å². The lowest BCUT2D eigenvalue weighted by Gasteiger charge is -2.46. The molecule has 3 saturated heterocycles. The van der Waals surface area contributed by atoms with Gasteiger partial charge in [-0.3, -0.25) is 9.59 Å². The van der Waals surface area contributed by atoms with Crippen LogP contribution in [0.2, 0.25) is 0 Å². The minimum absolute atomic E-state index is 0.0915. The van der Waals surface area contributed by atoms with E-state index in [0.717, 1.165) is 0 Å². The highest BCUT2D eigenvalue weighted by atomic mass is 16.7. The molecule has 0 aromatic heterocycles. The molecule has 4 fully saturated rings. The Balaban J connectivity index is 1.36. The van der Waals surface area contributed by atoms with E-state index in [-0.39, 0.29) is 43.3 Å². The lowest BCUT2D eigenvalue weighted by atomic mass is 9.80. The Labute approximate surface area is 416 Å². The summed E-state index contributed by atoms with van der Waals surface area (Å²) in [7, 11) is 0. The number of fused-ring (bicyclic) bond motifs is 2. The van der Waals surface area contributed by atoms with E-state index >= 15 is 0 Å². The van der Waals surface area contributed by atoms with Gasteiger partial charge in [0.25, 0.3) is 0 Å². The molecule has 15 N–H and O–H groups in total. The van der Waals surface area contributed by atoms with Crippen LogP contribution in [0.4, 0.5) is 0 Å². The molecule has 1 spiro atoms. The SMILES string of the molecule is C[C@@H]1[C@H](O)[C@@H](C)/C=C/C=C/C=C/C=C/C=C/C=C/C=C/[C@H](O[C@@H]2O[C@H](C)[C@@H](O)[C@H](N)[C@@H]2O)C[C@@H]2O[C@](O)(C[C@@H](O)C[C@@H](O)[C@H](O)CC[C@@H](O)C[C@@H](O)CC(=O)O[C@H]1C)C[C@H](O)[C@H]2C(=O)NC1CC2(C1)NN2. The van der Waals surface area contributed by atoms with Crippen molar-refractivity contribution in [1.82, 2.24) is 16.2 Å². The number of cyclic esters (lactones) is 1. The van der Waals surface area contributed by atoms with Gasteiger partial charge in [-0.05, 0) is 33.1 Å². The number of hydrogen-bond donors (Lipinski definition) is 14. The average molecular weight is 1010 g/mol. The molecule has 5 rings (SSSR count). The molecule has 0 aromatic carbocycles. The molecular weight excluding hydrogens is 925 g/mol. The zero-order valence-corrected chi connectivity index (χ0v) is 41.1. The Morgan fingerprint density at radius 1 is 0.676 bits per heavy atom. The van der Waals surface area contributed by atoms with Crippen LogP contribution < -0.4 is 21.9 Å². The van der Waals surface area contributed by atoms with E-state index < -0.39 is 147 Å². The number of aliphatic hydroxyl groups excluding tert-OH is 9. The van der Waals surface area contributed by atoms with Crippen LogP contribution in [0.5, 0.6) is 0 Å². The van der Waals surface area contributed by atoms with Crippen LogP contribution in [0.1, 0.15) is 91.9 Å². The topological polar surface area (TPSA) is 355 Å². The van der Waals surface area contributed by atoms with E-state index in [2.05, 4.69) is 16.2 Å². The zero-order chi connectivity index (χ0) is 52.0. The molecule has 19 atom stereocenters. The number of nitrogens with one attached hydrogen (secondary N) is 3. The number of rotatable bonds is 4. The smallest absolute Gasteiger partial charge is 0.308 e. The summed E-state index contributed by atoms with van der Waals surface area (Å²) in [5.41, 5.74) is 12.0. The number of carbonyl (C=O) groups is 2. The van der Waals surface area contributed by atoms with Gasteiger partial charge in [-0.2, -0.15) is 0 Å². The quantitative estimate of drug-likeness (QED) is 0.127. The van der Waals surface area contributed by atoms with Crippen molar-refractivity contribution in [2.24, 2.45) is 23.5 Å². The minimum atomic E-state index is -2.26. The molecule has 0 radical (unpaired) electrons. The summed E-state index contributed by atoms with van der Waals surface area (Å²) in [5, 5.41) is 113. The summed E-state index contributed by atoms with van der Waals surface area (Å²) < 4.78 is 23.8. The van der Waals surface area contributed by atoms with Crippen molar-refractivity contribution in [3.8, 4) is 0 Å². The maximum atomic E-state index is 14.0. The number of amides is 1. The lowest BCUT2D eigenvalue weighted by molar-refractivity contribution is -0.307. The van der Waals surface area contributed by atoms with Gasteiger partial charge >= 0.3 is 5.97 Å². The van der Waals surface area contributed by atoms with Crippen molar-refractivity contribution >= 4 is 11.9 Å². The van der Waals surface area contributed by atoms with Crippen LogP contribution in [-0.2, 0) is 28.5 Å². The molecular formula is C51H80N4O16. The number of nitrogens with two attached hydrogens (primary N) is 1. The first-order valence-electron chi connectivity index (χ1n) is 24.9. The van der Waals surface area contributed by atoms with Crippen LogP contribution in [0, 0.1) is 17.8 Å². The Bertz CT molecular complexity index is 1900. The monoisotopic (exact) mass is 1000 g/mol. The molecule has 71 heavy (non-hydrogen) atoms. The van der Waals surface area contributed by atoms with E-state index in [1.807, 2.05) is 49.5 Å². The summed E-state index contributed by atoms with van der Waals surface area (Å²) in [5.74, 6) is -5.51. The van der Waals surface area contributed by atoms with Crippen LogP contribution in [0.25, 0.3) is 0 Å². The van der Waals surface area contributed by atoms with E-state index in [4.69, 9.17) is 24.7 Å². The third-order valence-electron chi connectivity index (χ3n) is 14.1. The summed E-state index contributed by atoms with van der Waals surface area (Å²) in [6.45, 7) is 6.81. The largest absolute Gasteiger partial charge is 0.462 e. The summed E-state index contributed by atoms with van der Waals surface area (Å²) in [4.78, 5) is 26.7. The second-order valence-electron chi connectivity index (χ2n) is 20.2. The van der Waals surface area contributed by atoms with Crippen LogP contribution in [0.15, 0.2) is 85.1 Å². The fraction of sp³-hybridized carbons (Fsp3) is 0.686. The van der Waals surface area contributed by atoms with Crippen molar-refractivity contribution in [3.05, 3.63) is 85.1 Å². The number of ether oxygens (including phenoxy) is 4. The number of carbonyl (C=O) groups excluding carboxylic acids is 2. The lowest BCUT2D eigenvalue weighted by Crippen LogP contribution is -2.62. The Kier molecular flexibility index (Phi) is 22.3. The van der Waals surface area contributed by atoms with Gasteiger partial charge in [0.05, 0.1) is 91.2 Å². The molecule has 5 aliphatic rings. The fourth-order valence-corrected chi connectivity index (χ4v) is 9.46. The van der Waals surface area contributed by atoms with Gasteiger partial charge in [0, 0.05) is 56.4 Å². The Hall–Kier alpha value is -3.52. The zero-order valence-electron chi connectivity index (χ0n) is 41.1. The molecule has 0 aromatic rings. The molecule has 2 bridgehead atoms. The van der Waals surface area contributed by atoms with Gasteiger partial charge in [0.1, 0.15) is 12.2 Å². The molecule has 4 aliphatic heterocycles. The molecule has 20 heteroatoms. The van der Waals surface area contributed by atoms with Crippen LogP contribution in [-0.4, -0.2) is 172 Å². The maximum Gasteiger partial charge on any atom is 0.308 e. The first-order chi connectivity index (χ1) is 33.6. The van der Waals surface area contributed by atoms with Crippen molar-refractivity contribution in [2.75, 3.05) is 0 Å². The van der Waals surface area contributed by atoms with Gasteiger partial charge in [0.2, 0.25) is 5.91 Å². The molecule has 0 unspecified atom stereocenters. The van der Waals surface area contributed by atoms with E-state index in [1.54, 1.807) is 63.3 Å². The number of aliphatic hydroxyl groups is 10. The van der Waals surface area contributed by atoms with Gasteiger partial charge in [-0.15, -0.1) is 0 Å². The molecule has 1 aliphatic carbocycles. The summed E-state index contributed by atoms with van der Waals surface area (Å²) >= 11 is 0. The number of allylic oxidation sites excluding steroid dienone is 12. The molecule has 400 valence electrons. The average Bonchev–Trinajstić information content (AvgIpc) is 4.08. The highest BCUT2D eigenvalue weighted by Gasteiger charge is 2.56. The minimum Gasteiger partial charge on any atom is -0.462 e. The van der Waals surface area contributed by atoms with Crippen LogP contribution in [0.3, 0.4) is 0 Å². The highest BCUT2D eigenvalue weighted by molar-refractivity contribution is 5.80. The predicted molar refractivity (Wildman–Crippen MR) is 260 cm³/mol. The Morgan fingerprint density at radius 3 is 1.87 bits per heavy atom. The van der Waals surface area contributed by atoms with Crippen molar-refractivity contribution in [1.29, 1.82) is 0 Å². The maximum absolute atomic E-state index is 14.0. The number of hydrazine groups is 1. The molecule has 4 heterocycles. The first kappa shape index (κ1) is 58.4. The van der Waals surface area contributed by atoms with E-state index in [1.165, 1.54) is 0 Å². The second-order valence-corrected chi connectivity index (χ2v) is 20.2. The third-order valence-corrected chi connectivity index (χ3v) is 14.1. The highest BCUT2D eigenvalue weighted by Crippen LogP contribution is 2.40. The van der Waals surface area contributed by atoms with Crippen molar-refractivity contribution in [3.63, 3.8) is 0 Å². The van der Waals surface area contributed by atoms with Crippen molar-refractivity contribution in [2.45, 2.75) is 201 Å². The summed E-state index contributed by atoms with van der Waals surface area (Å²) in [6.07, 6.45) is 6.16. The van der Waals surface area contributed by atoms with Gasteiger partial charge < -0.3 is 81.1 Å². The second kappa shape index (κ2) is 27.1. The molecule has 1 amide bonds. The van der Waals surface area contributed by atoms with E-state index in [9.17, 15) is 60.7 Å². The van der Waals surface area contributed by atoms with Gasteiger partial charge in [-0.25, -0.2) is 10.9 Å². The standard InChI is InChI=1S/C51H80N4O16/c1-29-17-15-13-11-9-7-5-6-8-10-12-14-16-18-37(70-49-47(65)44(52)46(64)32(4)69-49)24-41-43(48(66)53-33-25-50(26-33)54-55-50)40(61)28-51(67,71-41)27-36(58)22-39(60)38(59)20-19-34(56)21-35(57)23-42(62)68-31(3)30(2)45(29)63/h5-18,29-41,43-47,49,54-61,63-65,67H,19-28,52H2,1-4H3,(H,53,66)/b6-5+,9-7+,10-8+,13-11+,14-12+,17-15+,18-16+/t29-,30-,31-,32+,34+,35+,36-,37-,38+,39+,40-,41-,43+,44-,45+,46+,47-,49-,51+/m0/s1.